The van der Waals surface area contributed by atoms with E-state index < -0.39 is 0 Å². The Bertz CT molecular complexity index is 845. The molecule has 0 radical (unpaired) electrons. The first kappa shape index (κ1) is 23.3. The number of hydrogen-bond donors (Lipinski definition) is 0. The molecule has 1 aliphatic rings. The minimum absolute atomic E-state index is 0. The molecule has 1 aromatic carbocycles. The summed E-state index contributed by atoms with van der Waals surface area (Å²) in [7, 11) is 1.74. The number of benzene rings is 1. The molecule has 0 saturated carbocycles. The van der Waals surface area contributed by atoms with Crippen molar-refractivity contribution in [2.75, 3.05) is 0 Å². The van der Waals surface area contributed by atoms with Crippen molar-refractivity contribution < 1.29 is 14.3 Å². The van der Waals surface area contributed by atoms with E-state index in [2.05, 4.69) is 12.1 Å². The van der Waals surface area contributed by atoms with Crippen LogP contribution in [0.2, 0.25) is 0 Å². The maximum Gasteiger partial charge on any atom is 0.249 e. The zero-order valence-corrected chi connectivity index (χ0v) is 18.5. The topological polar surface area (TPSA) is 55.8 Å². The maximum atomic E-state index is 12.9. The van der Waals surface area contributed by atoms with E-state index in [0.717, 1.165) is 12.8 Å². The monoisotopic (exact) mass is 418 g/mol. The van der Waals surface area contributed by atoms with Crippen molar-refractivity contribution in [3.05, 3.63) is 46.8 Å². The van der Waals surface area contributed by atoms with Crippen molar-refractivity contribution in [1.29, 1.82) is 0 Å². The third-order valence-corrected chi connectivity index (χ3v) is 5.62. The molecule has 0 spiro atoms. The van der Waals surface area contributed by atoms with Gasteiger partial charge < -0.3 is 0 Å². The molecule has 1 aromatic heterocycles. The molecule has 0 unspecified atom stereocenters. The zero-order chi connectivity index (χ0) is 19.9. The van der Waals surface area contributed by atoms with E-state index in [1.54, 1.807) is 40.7 Å². The molecule has 2 aromatic rings. The number of unbranched alkanes of at least 4 members (excludes halogenated alkanes) is 9. The lowest BCUT2D eigenvalue weighted by Crippen LogP contribution is -2.39. The molecule has 0 aliphatic heterocycles. The number of fused-ring (bicyclic) bond motifs is 2. The fourth-order valence-electron chi connectivity index (χ4n) is 4.05. The van der Waals surface area contributed by atoms with Crippen LogP contribution in [-0.2, 0) is 13.6 Å². The van der Waals surface area contributed by atoms with E-state index >= 15 is 0 Å². The van der Waals surface area contributed by atoms with Crippen LogP contribution in [0, 0.1) is 0 Å². The van der Waals surface area contributed by atoms with E-state index in [-0.39, 0.29) is 24.0 Å². The summed E-state index contributed by atoms with van der Waals surface area (Å²) in [5.74, 6) is -0.201. The minimum Gasteiger partial charge on any atom is -0.284 e. The molecule has 1 aliphatic carbocycles. The van der Waals surface area contributed by atoms with Gasteiger partial charge in [-0.1, -0.05) is 82.6 Å². The molecule has 0 amide bonds. The number of carbonyl (C=O) groups is 2. The number of ketones is 2. The van der Waals surface area contributed by atoms with Gasteiger partial charge >= 0.3 is 0 Å². The summed E-state index contributed by atoms with van der Waals surface area (Å²) in [6.45, 7) is 2.93. The first-order valence-corrected chi connectivity index (χ1v) is 10.8. The van der Waals surface area contributed by atoms with Gasteiger partial charge in [-0.05, 0) is 12.8 Å². The molecule has 0 fully saturated rings. The molecule has 29 heavy (non-hydrogen) atoms. The average Bonchev–Trinajstić information content (AvgIpc) is 3.04. The fraction of sp³-hybridized carbons (Fsp3) is 0.565. The largest absolute Gasteiger partial charge is 0.284 e. The van der Waals surface area contributed by atoms with Crippen LogP contribution in [0.15, 0.2) is 24.3 Å². The predicted octanol–water partition coefficient (Wildman–Crippen LogP) is 4.83. The Hall–Kier alpha value is -2.01. The Morgan fingerprint density at radius 2 is 1.34 bits per heavy atom. The number of halogens is 1. The number of aryl methyl sites for hydroxylation is 2. The number of rotatable bonds is 11. The van der Waals surface area contributed by atoms with Crippen LogP contribution in [0.25, 0.3) is 0 Å². The van der Waals surface area contributed by atoms with Crippen molar-refractivity contribution >= 4 is 24.0 Å². The lowest BCUT2D eigenvalue weighted by Gasteiger charge is -2.11. The van der Waals surface area contributed by atoms with Gasteiger partial charge in [-0.3, -0.25) is 9.59 Å². The summed E-state index contributed by atoms with van der Waals surface area (Å²) < 4.78 is 3.29. The van der Waals surface area contributed by atoms with E-state index in [0.29, 0.717) is 29.1 Å². The highest BCUT2D eigenvalue weighted by molar-refractivity contribution is 6.26. The van der Waals surface area contributed by atoms with Gasteiger partial charge in [-0.15, -0.1) is 21.8 Å². The molecule has 0 N–H and O–H groups in total. The number of hydrogen-bond acceptors (Lipinski definition) is 3. The molecular weight excluding hydrogens is 386 g/mol. The highest BCUT2D eigenvalue weighted by Gasteiger charge is 2.41. The van der Waals surface area contributed by atoms with E-state index in [4.69, 9.17) is 0 Å². The third-order valence-electron chi connectivity index (χ3n) is 5.62. The second-order valence-corrected chi connectivity index (χ2v) is 7.82. The van der Waals surface area contributed by atoms with Crippen LogP contribution in [0.4, 0.5) is 0 Å². The van der Waals surface area contributed by atoms with Crippen LogP contribution in [0.5, 0.6) is 0 Å². The molecular formula is C23H33ClN3O2+. The summed E-state index contributed by atoms with van der Waals surface area (Å²) >= 11 is 0. The van der Waals surface area contributed by atoms with Crippen molar-refractivity contribution in [3.8, 4) is 0 Å². The fourth-order valence-corrected chi connectivity index (χ4v) is 4.05. The summed E-state index contributed by atoms with van der Waals surface area (Å²) in [6, 6.07) is 7.05. The summed E-state index contributed by atoms with van der Waals surface area (Å²) in [4.78, 5) is 25.7. The molecule has 158 valence electrons. The predicted molar refractivity (Wildman–Crippen MR) is 116 cm³/mol. The van der Waals surface area contributed by atoms with Gasteiger partial charge in [0.25, 0.3) is 0 Å². The van der Waals surface area contributed by atoms with Gasteiger partial charge in [0.15, 0.2) is 0 Å². The second kappa shape index (κ2) is 11.2. The van der Waals surface area contributed by atoms with Crippen LogP contribution in [-0.4, -0.2) is 21.5 Å². The van der Waals surface area contributed by atoms with Crippen molar-refractivity contribution in [2.24, 2.45) is 7.05 Å². The Labute approximate surface area is 179 Å². The second-order valence-electron chi connectivity index (χ2n) is 7.82. The molecule has 1 heterocycles. The SMILES string of the molecule is CCCCCCCCCCCCn1n[n+](C)c2c1C(=O)c1ccccc1C2=O.Cl. The van der Waals surface area contributed by atoms with Crippen LogP contribution in [0.1, 0.15) is 103 Å². The van der Waals surface area contributed by atoms with Gasteiger partial charge in [0.1, 0.15) is 13.6 Å². The summed E-state index contributed by atoms with van der Waals surface area (Å²) in [5.41, 5.74) is 1.83. The van der Waals surface area contributed by atoms with Crippen LogP contribution in [0.3, 0.4) is 0 Å². The van der Waals surface area contributed by atoms with Crippen molar-refractivity contribution in [2.45, 2.75) is 77.7 Å². The first-order chi connectivity index (χ1) is 13.6. The van der Waals surface area contributed by atoms with Crippen molar-refractivity contribution in [3.63, 3.8) is 0 Å². The van der Waals surface area contributed by atoms with E-state index in [1.807, 2.05) is 0 Å². The molecule has 0 bridgehead atoms. The summed E-state index contributed by atoms with van der Waals surface area (Å²) in [6.07, 6.45) is 12.7. The first-order valence-electron chi connectivity index (χ1n) is 10.8. The maximum absolute atomic E-state index is 12.9. The van der Waals surface area contributed by atoms with Gasteiger partial charge in [0.05, 0.1) is 5.21 Å². The normalized spacial score (nSPS) is 12.5. The Kier molecular flexibility index (Phi) is 9.02. The molecule has 6 heteroatoms. The average molecular weight is 419 g/mol. The van der Waals surface area contributed by atoms with Crippen molar-refractivity contribution in [1.82, 2.24) is 9.90 Å². The lowest BCUT2D eigenvalue weighted by atomic mass is 9.90. The molecule has 5 nitrogen and oxygen atoms in total. The zero-order valence-electron chi connectivity index (χ0n) is 17.7. The van der Waals surface area contributed by atoms with Gasteiger partial charge in [0.2, 0.25) is 23.0 Å². The Morgan fingerprint density at radius 1 is 0.828 bits per heavy atom. The van der Waals surface area contributed by atoms with E-state index in [1.165, 1.54) is 51.4 Å². The molecule has 3 rings (SSSR count). The van der Waals surface area contributed by atoms with Gasteiger partial charge in [-0.2, -0.15) is 0 Å². The Morgan fingerprint density at radius 3 is 1.93 bits per heavy atom. The quantitative estimate of drug-likeness (QED) is 0.331. The molecule has 0 atom stereocenters. The number of carbonyl (C=O) groups excluding carboxylic acids is 2. The smallest absolute Gasteiger partial charge is 0.249 e. The third kappa shape index (κ3) is 5.33. The highest BCUT2D eigenvalue weighted by Crippen LogP contribution is 2.25. The molecule has 0 saturated heterocycles. The number of aromatic nitrogens is 3. The Balaban J connectivity index is 0.00000300. The van der Waals surface area contributed by atoms with Crippen LogP contribution < -0.4 is 4.68 Å². The van der Waals surface area contributed by atoms with Gasteiger partial charge in [0, 0.05) is 11.1 Å². The number of nitrogens with zero attached hydrogens (tertiary/aromatic N) is 3. The minimum atomic E-state index is -0.109. The lowest BCUT2D eigenvalue weighted by molar-refractivity contribution is -0.733. The standard InChI is InChI=1S/C23H32N3O2.ClH/c1-3-4-5-6-7-8-9-10-11-14-17-26-21-20(25(2)24-26)22(27)18-15-12-13-16-19(18)23(21)28;/h12-13,15-16H,3-11,14,17H2,1-2H3;1H/q+1;. The van der Waals surface area contributed by atoms with E-state index in [9.17, 15) is 9.59 Å². The van der Waals surface area contributed by atoms with Crippen LogP contribution >= 0.6 is 12.4 Å². The summed E-state index contributed by atoms with van der Waals surface area (Å²) in [5, 5.41) is 4.44. The highest BCUT2D eigenvalue weighted by atomic mass is 35.5. The van der Waals surface area contributed by atoms with Gasteiger partial charge in [-0.25, -0.2) is 0 Å².